The second kappa shape index (κ2) is 9.71. The molecule has 1 aromatic carbocycles. The summed E-state index contributed by atoms with van der Waals surface area (Å²) in [6, 6.07) is 9.25. The fourth-order valence-electron chi connectivity index (χ4n) is 4.40. The Labute approximate surface area is 165 Å². The van der Waals surface area contributed by atoms with Gasteiger partial charge in [-0.1, -0.05) is 62.4 Å². The minimum Gasteiger partial charge on any atom is -0.481 e. The third-order valence-corrected chi connectivity index (χ3v) is 5.93. The molecule has 2 amide bonds. The Bertz CT molecular complexity index is 683. The van der Waals surface area contributed by atoms with Gasteiger partial charge in [-0.15, -0.1) is 0 Å². The van der Waals surface area contributed by atoms with Gasteiger partial charge in [0.05, 0.1) is 12.5 Å². The van der Waals surface area contributed by atoms with Crippen LogP contribution < -0.4 is 0 Å². The van der Waals surface area contributed by atoms with Crippen LogP contribution >= 0.6 is 0 Å². The van der Waals surface area contributed by atoms with E-state index in [4.69, 9.17) is 4.74 Å². The van der Waals surface area contributed by atoms with Crippen molar-refractivity contribution in [3.8, 4) is 0 Å². The van der Waals surface area contributed by atoms with Crippen molar-refractivity contribution < 1.29 is 24.2 Å². The maximum atomic E-state index is 13.1. The lowest BCUT2D eigenvalue weighted by atomic mass is 9.83. The van der Waals surface area contributed by atoms with E-state index in [2.05, 4.69) is 0 Å². The highest BCUT2D eigenvalue weighted by molar-refractivity contribution is 5.96. The highest BCUT2D eigenvalue weighted by Crippen LogP contribution is 2.31. The summed E-state index contributed by atoms with van der Waals surface area (Å²) < 4.78 is 5.14. The number of rotatable bonds is 8. The van der Waals surface area contributed by atoms with E-state index in [1.54, 1.807) is 0 Å². The van der Waals surface area contributed by atoms with E-state index >= 15 is 0 Å². The number of hydrogen-bond acceptors (Lipinski definition) is 4. The zero-order chi connectivity index (χ0) is 19.9. The van der Waals surface area contributed by atoms with Crippen molar-refractivity contribution in [3.63, 3.8) is 0 Å². The molecule has 0 aromatic heterocycles. The number of amides is 2. The Kier molecular flexibility index (Phi) is 7.06. The van der Waals surface area contributed by atoms with E-state index in [-0.39, 0.29) is 19.1 Å². The number of aliphatic carboxylic acids is 1. The summed E-state index contributed by atoms with van der Waals surface area (Å²) in [6.45, 7) is 0.155. The van der Waals surface area contributed by atoms with Gasteiger partial charge >= 0.3 is 12.1 Å². The van der Waals surface area contributed by atoms with Gasteiger partial charge in [-0.3, -0.25) is 9.59 Å². The molecule has 2 fully saturated rings. The lowest BCUT2D eigenvalue weighted by Gasteiger charge is -2.26. The molecular weight excluding hydrogens is 358 g/mol. The molecule has 0 spiro atoms. The Morgan fingerprint density at radius 2 is 1.86 bits per heavy atom. The normalized spacial score (nSPS) is 21.4. The highest BCUT2D eigenvalue weighted by atomic mass is 16.6. The van der Waals surface area contributed by atoms with Gasteiger partial charge in [-0.25, -0.2) is 9.69 Å². The van der Waals surface area contributed by atoms with Crippen molar-refractivity contribution in [2.24, 2.45) is 11.8 Å². The Balaban J connectivity index is 1.67. The molecule has 1 heterocycles. The smallest absolute Gasteiger partial charge is 0.416 e. The number of carbonyl (C=O) groups excluding carboxylic acids is 2. The van der Waals surface area contributed by atoms with E-state index in [0.29, 0.717) is 18.8 Å². The van der Waals surface area contributed by atoms with Crippen molar-refractivity contribution in [1.82, 2.24) is 4.90 Å². The molecule has 1 saturated carbocycles. The van der Waals surface area contributed by atoms with Crippen molar-refractivity contribution in [2.45, 2.75) is 63.8 Å². The SMILES string of the molecule is O=C(O)CC(CCC1CCCCC1)C(=O)N1C(=O)OCC1Cc1ccccc1. The molecular formula is C22H29NO5. The van der Waals surface area contributed by atoms with Gasteiger partial charge in [0.1, 0.15) is 6.61 Å². The summed E-state index contributed by atoms with van der Waals surface area (Å²) in [6.07, 6.45) is 6.95. The van der Waals surface area contributed by atoms with Crippen molar-refractivity contribution in [2.75, 3.05) is 6.61 Å². The van der Waals surface area contributed by atoms with Gasteiger partial charge in [0.2, 0.25) is 5.91 Å². The van der Waals surface area contributed by atoms with Crippen molar-refractivity contribution >= 4 is 18.0 Å². The zero-order valence-electron chi connectivity index (χ0n) is 16.2. The summed E-state index contributed by atoms with van der Waals surface area (Å²) in [4.78, 5) is 37.9. The molecule has 1 aliphatic heterocycles. The lowest BCUT2D eigenvalue weighted by molar-refractivity contribution is -0.144. The summed E-state index contributed by atoms with van der Waals surface area (Å²) in [5.41, 5.74) is 1.01. The molecule has 1 saturated heterocycles. The number of benzene rings is 1. The zero-order valence-corrected chi connectivity index (χ0v) is 16.2. The molecule has 2 atom stereocenters. The topological polar surface area (TPSA) is 83.9 Å². The molecule has 3 rings (SSSR count). The third kappa shape index (κ3) is 5.33. The molecule has 2 unspecified atom stereocenters. The Morgan fingerprint density at radius 1 is 1.14 bits per heavy atom. The van der Waals surface area contributed by atoms with Crippen LogP contribution in [0.5, 0.6) is 0 Å². The first-order valence-electron chi connectivity index (χ1n) is 10.3. The molecule has 1 aliphatic carbocycles. The highest BCUT2D eigenvalue weighted by Gasteiger charge is 2.41. The van der Waals surface area contributed by atoms with Crippen LogP contribution in [0.25, 0.3) is 0 Å². The molecule has 28 heavy (non-hydrogen) atoms. The minimum absolute atomic E-state index is 0.155. The van der Waals surface area contributed by atoms with Crippen LogP contribution in [0.4, 0.5) is 4.79 Å². The second-order valence-corrected chi connectivity index (χ2v) is 8.00. The molecule has 1 N–H and O–H groups in total. The third-order valence-electron chi connectivity index (χ3n) is 5.93. The number of imide groups is 1. The second-order valence-electron chi connectivity index (χ2n) is 8.00. The van der Waals surface area contributed by atoms with Crippen LogP contribution in [0, 0.1) is 11.8 Å². The summed E-state index contributed by atoms with van der Waals surface area (Å²) in [5, 5.41) is 9.29. The standard InChI is InChI=1S/C22H29NO5/c24-20(25)14-18(12-11-16-7-3-1-4-8-16)21(26)23-19(15-28-22(23)27)13-17-9-5-2-6-10-17/h2,5-6,9-10,16,18-19H,1,3-4,7-8,11-15H2,(H,24,25). The van der Waals surface area contributed by atoms with E-state index in [0.717, 1.165) is 24.8 Å². The predicted octanol–water partition coefficient (Wildman–Crippen LogP) is 4.03. The average Bonchev–Trinajstić information content (AvgIpc) is 3.06. The van der Waals surface area contributed by atoms with Crippen molar-refractivity contribution in [3.05, 3.63) is 35.9 Å². The Morgan fingerprint density at radius 3 is 2.54 bits per heavy atom. The largest absolute Gasteiger partial charge is 0.481 e. The number of hydrogen-bond donors (Lipinski definition) is 1. The van der Waals surface area contributed by atoms with Gasteiger partial charge in [0.15, 0.2) is 0 Å². The predicted molar refractivity (Wildman–Crippen MR) is 104 cm³/mol. The van der Waals surface area contributed by atoms with Gasteiger partial charge in [-0.05, 0) is 30.7 Å². The van der Waals surface area contributed by atoms with Gasteiger partial charge < -0.3 is 9.84 Å². The van der Waals surface area contributed by atoms with Gasteiger partial charge in [0.25, 0.3) is 0 Å². The van der Waals surface area contributed by atoms with Gasteiger partial charge in [0, 0.05) is 5.92 Å². The Hall–Kier alpha value is -2.37. The van der Waals surface area contributed by atoms with Crippen LogP contribution in [0.2, 0.25) is 0 Å². The molecule has 152 valence electrons. The minimum atomic E-state index is -1.01. The number of carboxylic acid groups (broad SMARTS) is 1. The monoisotopic (exact) mass is 387 g/mol. The summed E-state index contributed by atoms with van der Waals surface area (Å²) in [7, 11) is 0. The maximum Gasteiger partial charge on any atom is 0.416 e. The lowest BCUT2D eigenvalue weighted by Crippen LogP contribution is -2.44. The molecule has 1 aromatic rings. The van der Waals surface area contributed by atoms with Crippen LogP contribution in [0.1, 0.15) is 56.9 Å². The molecule has 2 aliphatic rings. The first-order chi connectivity index (χ1) is 13.5. The molecule has 6 heteroatoms. The summed E-state index contributed by atoms with van der Waals surface area (Å²) >= 11 is 0. The van der Waals surface area contributed by atoms with Crippen LogP contribution in [0.3, 0.4) is 0 Å². The number of carbonyl (C=O) groups is 3. The molecule has 0 radical (unpaired) electrons. The van der Waals surface area contributed by atoms with E-state index in [1.165, 1.54) is 24.2 Å². The molecule has 0 bridgehead atoms. The number of cyclic esters (lactones) is 1. The van der Waals surface area contributed by atoms with E-state index < -0.39 is 23.9 Å². The van der Waals surface area contributed by atoms with Crippen LogP contribution in [0.15, 0.2) is 30.3 Å². The molecule has 6 nitrogen and oxygen atoms in total. The number of nitrogens with zero attached hydrogens (tertiary/aromatic N) is 1. The number of carboxylic acids is 1. The van der Waals surface area contributed by atoms with Crippen molar-refractivity contribution in [1.29, 1.82) is 0 Å². The van der Waals surface area contributed by atoms with Crippen LogP contribution in [-0.4, -0.2) is 40.6 Å². The quantitative estimate of drug-likeness (QED) is 0.728. The van der Waals surface area contributed by atoms with Gasteiger partial charge in [-0.2, -0.15) is 0 Å². The maximum absolute atomic E-state index is 13.1. The summed E-state index contributed by atoms with van der Waals surface area (Å²) in [5.74, 6) is -1.53. The fraction of sp³-hybridized carbons (Fsp3) is 0.591. The van der Waals surface area contributed by atoms with E-state index in [1.807, 2.05) is 30.3 Å². The number of ether oxygens (including phenoxy) is 1. The van der Waals surface area contributed by atoms with E-state index in [9.17, 15) is 19.5 Å². The fourth-order valence-corrected chi connectivity index (χ4v) is 4.40. The first kappa shape index (κ1) is 20.4. The van der Waals surface area contributed by atoms with Crippen LogP contribution in [-0.2, 0) is 20.7 Å². The average molecular weight is 387 g/mol. The first-order valence-corrected chi connectivity index (χ1v) is 10.3.